The fraction of sp³-hybridized carbons (Fsp3) is 0.421. The van der Waals surface area contributed by atoms with Crippen LogP contribution in [0.5, 0.6) is 0 Å². The molecule has 0 saturated carbocycles. The van der Waals surface area contributed by atoms with E-state index in [9.17, 15) is 9.59 Å². The van der Waals surface area contributed by atoms with Crippen LogP contribution in [0.4, 0.5) is 0 Å². The van der Waals surface area contributed by atoms with E-state index in [1.807, 2.05) is 18.2 Å². The Morgan fingerprint density at radius 1 is 1.19 bits per heavy atom. The molecule has 26 heavy (non-hydrogen) atoms. The van der Waals surface area contributed by atoms with Crippen LogP contribution in [0.1, 0.15) is 16.1 Å². The van der Waals surface area contributed by atoms with E-state index in [1.54, 1.807) is 35.9 Å². The Kier molecular flexibility index (Phi) is 5.68. The molecule has 1 aromatic carbocycles. The normalized spacial score (nSPS) is 17.9. The molecule has 3 rings (SSSR count). The molecule has 0 bridgehead atoms. The molecule has 1 atom stereocenters. The lowest BCUT2D eigenvalue weighted by atomic mass is 10.1. The van der Waals surface area contributed by atoms with Crippen LogP contribution in [-0.2, 0) is 18.3 Å². The molecule has 7 nitrogen and oxygen atoms in total. The van der Waals surface area contributed by atoms with Gasteiger partial charge in [-0.05, 0) is 18.1 Å². The Hall–Kier alpha value is -2.67. The Morgan fingerprint density at radius 2 is 1.96 bits per heavy atom. The van der Waals surface area contributed by atoms with Crippen molar-refractivity contribution in [2.75, 3.05) is 33.2 Å². The first-order chi connectivity index (χ1) is 12.6. The van der Waals surface area contributed by atoms with E-state index >= 15 is 0 Å². The zero-order chi connectivity index (χ0) is 18.5. The highest BCUT2D eigenvalue weighted by Gasteiger charge is 2.34. The highest BCUT2D eigenvalue weighted by atomic mass is 16.2. The number of carbonyl (C=O) groups excluding carboxylic acids is 2. The van der Waals surface area contributed by atoms with Crippen molar-refractivity contribution < 1.29 is 9.59 Å². The first-order valence-electron chi connectivity index (χ1n) is 8.87. The summed E-state index contributed by atoms with van der Waals surface area (Å²) in [6.07, 6.45) is 2.63. The summed E-state index contributed by atoms with van der Waals surface area (Å²) in [7, 11) is 3.42. The smallest absolute Gasteiger partial charge is 0.274 e. The van der Waals surface area contributed by atoms with Gasteiger partial charge in [0, 0.05) is 46.5 Å². The minimum absolute atomic E-state index is 0.0587. The van der Waals surface area contributed by atoms with Gasteiger partial charge in [0.1, 0.15) is 11.7 Å². The largest absolute Gasteiger partial charge is 0.358 e. The van der Waals surface area contributed by atoms with Gasteiger partial charge in [-0.3, -0.25) is 19.2 Å². The summed E-state index contributed by atoms with van der Waals surface area (Å²) in [4.78, 5) is 28.9. The number of piperazine rings is 1. The van der Waals surface area contributed by atoms with Crippen LogP contribution in [0.15, 0.2) is 42.6 Å². The molecule has 0 spiro atoms. The number of carbonyl (C=O) groups is 2. The number of hydrogen-bond acceptors (Lipinski definition) is 4. The lowest BCUT2D eigenvalue weighted by Crippen LogP contribution is -2.60. The lowest BCUT2D eigenvalue weighted by Gasteiger charge is -2.40. The minimum Gasteiger partial charge on any atom is -0.358 e. The molecule has 2 aromatic rings. The van der Waals surface area contributed by atoms with Gasteiger partial charge in [0.25, 0.3) is 5.91 Å². The maximum atomic E-state index is 12.7. The van der Waals surface area contributed by atoms with Gasteiger partial charge in [-0.2, -0.15) is 5.10 Å². The molecule has 2 heterocycles. The SMILES string of the molecule is CNC(=O)C1CN(C(=O)c2ccn(C)n2)CCN1CCc1ccccc1. The van der Waals surface area contributed by atoms with Gasteiger partial charge in [-0.1, -0.05) is 30.3 Å². The van der Waals surface area contributed by atoms with Gasteiger partial charge in [0.2, 0.25) is 5.91 Å². The van der Waals surface area contributed by atoms with Gasteiger partial charge >= 0.3 is 0 Å². The third-order valence-electron chi connectivity index (χ3n) is 4.79. The highest BCUT2D eigenvalue weighted by molar-refractivity contribution is 5.93. The molecule has 1 aliphatic rings. The van der Waals surface area contributed by atoms with Gasteiger partial charge in [0.15, 0.2) is 0 Å². The second kappa shape index (κ2) is 8.14. The number of aromatic nitrogens is 2. The van der Waals surface area contributed by atoms with Crippen molar-refractivity contribution >= 4 is 11.8 Å². The van der Waals surface area contributed by atoms with Crippen LogP contribution in [0.25, 0.3) is 0 Å². The third kappa shape index (κ3) is 4.11. The van der Waals surface area contributed by atoms with Crippen molar-refractivity contribution in [1.29, 1.82) is 0 Å². The molecule has 7 heteroatoms. The van der Waals surface area contributed by atoms with E-state index in [2.05, 4.69) is 27.4 Å². The van der Waals surface area contributed by atoms with Crippen LogP contribution >= 0.6 is 0 Å². The van der Waals surface area contributed by atoms with Crippen LogP contribution in [0.3, 0.4) is 0 Å². The molecule has 138 valence electrons. The first kappa shape index (κ1) is 18.1. The van der Waals surface area contributed by atoms with Crippen molar-refractivity contribution in [3.63, 3.8) is 0 Å². The van der Waals surface area contributed by atoms with Crippen molar-refractivity contribution in [3.8, 4) is 0 Å². The number of nitrogens with one attached hydrogen (secondary N) is 1. The predicted octanol–water partition coefficient (Wildman–Crippen LogP) is 0.535. The lowest BCUT2D eigenvalue weighted by molar-refractivity contribution is -0.127. The zero-order valence-electron chi connectivity index (χ0n) is 15.3. The molecule has 1 fully saturated rings. The van der Waals surface area contributed by atoms with Crippen molar-refractivity contribution in [3.05, 3.63) is 53.9 Å². The molecular weight excluding hydrogens is 330 g/mol. The van der Waals surface area contributed by atoms with E-state index in [4.69, 9.17) is 0 Å². The quantitative estimate of drug-likeness (QED) is 0.850. The molecular formula is C19H25N5O2. The summed E-state index contributed by atoms with van der Waals surface area (Å²) in [5.74, 6) is -0.182. The minimum atomic E-state index is -0.342. The zero-order valence-corrected chi connectivity index (χ0v) is 15.3. The van der Waals surface area contributed by atoms with E-state index in [1.165, 1.54) is 5.56 Å². The topological polar surface area (TPSA) is 70.5 Å². The summed E-state index contributed by atoms with van der Waals surface area (Å²) in [5, 5.41) is 6.91. The Morgan fingerprint density at radius 3 is 2.62 bits per heavy atom. The highest BCUT2D eigenvalue weighted by Crippen LogP contribution is 2.14. The standard InChI is InChI=1S/C19H25N5O2/c1-20-18(25)17-14-24(19(26)16-9-10-22(2)21-16)13-12-23(17)11-8-15-6-4-3-5-7-15/h3-7,9-10,17H,8,11-14H2,1-2H3,(H,20,25). The number of amides is 2. The van der Waals surface area contributed by atoms with Crippen LogP contribution < -0.4 is 5.32 Å². The fourth-order valence-corrected chi connectivity index (χ4v) is 3.30. The monoisotopic (exact) mass is 355 g/mol. The summed E-state index contributed by atoms with van der Waals surface area (Å²) >= 11 is 0. The van der Waals surface area contributed by atoms with Crippen molar-refractivity contribution in [2.45, 2.75) is 12.5 Å². The number of hydrogen-bond donors (Lipinski definition) is 1. The summed E-state index contributed by atoms with van der Waals surface area (Å²) < 4.78 is 1.61. The molecule has 1 saturated heterocycles. The van der Waals surface area contributed by atoms with Gasteiger partial charge in [-0.15, -0.1) is 0 Å². The molecule has 0 aliphatic carbocycles. The number of benzene rings is 1. The van der Waals surface area contributed by atoms with Crippen LogP contribution in [0.2, 0.25) is 0 Å². The second-order valence-electron chi connectivity index (χ2n) is 6.53. The van der Waals surface area contributed by atoms with Crippen LogP contribution in [-0.4, -0.2) is 70.7 Å². The Balaban J connectivity index is 1.67. The molecule has 0 radical (unpaired) electrons. The second-order valence-corrected chi connectivity index (χ2v) is 6.53. The summed E-state index contributed by atoms with van der Waals surface area (Å²) in [6, 6.07) is 11.6. The third-order valence-corrected chi connectivity index (χ3v) is 4.79. The number of likely N-dealkylation sites (N-methyl/N-ethyl adjacent to an activating group) is 1. The van der Waals surface area contributed by atoms with E-state index < -0.39 is 0 Å². The van der Waals surface area contributed by atoms with Gasteiger partial charge in [-0.25, -0.2) is 0 Å². The van der Waals surface area contributed by atoms with Crippen molar-refractivity contribution in [2.24, 2.45) is 7.05 Å². The average Bonchev–Trinajstić information content (AvgIpc) is 3.12. The average molecular weight is 355 g/mol. The maximum Gasteiger partial charge on any atom is 0.274 e. The van der Waals surface area contributed by atoms with E-state index in [0.717, 1.165) is 13.0 Å². The molecule has 2 amide bonds. The molecule has 1 aromatic heterocycles. The van der Waals surface area contributed by atoms with E-state index in [-0.39, 0.29) is 17.9 Å². The van der Waals surface area contributed by atoms with Crippen molar-refractivity contribution in [1.82, 2.24) is 24.9 Å². The van der Waals surface area contributed by atoms with Gasteiger partial charge < -0.3 is 10.2 Å². The Labute approximate surface area is 153 Å². The van der Waals surface area contributed by atoms with E-state index in [0.29, 0.717) is 25.3 Å². The summed E-state index contributed by atoms with van der Waals surface area (Å²) in [6.45, 7) is 2.43. The number of aryl methyl sites for hydroxylation is 1. The predicted molar refractivity (Wildman–Crippen MR) is 98.7 cm³/mol. The van der Waals surface area contributed by atoms with Gasteiger partial charge in [0.05, 0.1) is 0 Å². The number of rotatable bonds is 5. The number of nitrogens with zero attached hydrogens (tertiary/aromatic N) is 4. The van der Waals surface area contributed by atoms with Crippen LogP contribution in [0, 0.1) is 0 Å². The summed E-state index contributed by atoms with van der Waals surface area (Å²) in [5.41, 5.74) is 1.66. The molecule has 1 N–H and O–H groups in total. The first-order valence-corrected chi connectivity index (χ1v) is 8.87. The Bertz CT molecular complexity index is 758. The fourth-order valence-electron chi connectivity index (χ4n) is 3.30. The molecule has 1 aliphatic heterocycles. The maximum absolute atomic E-state index is 12.7. The molecule has 1 unspecified atom stereocenters.